The van der Waals surface area contributed by atoms with Gasteiger partial charge in [0.15, 0.2) is 11.5 Å². The van der Waals surface area contributed by atoms with Crippen molar-refractivity contribution in [2.75, 3.05) is 18.5 Å². The number of rotatable bonds is 3. The first-order valence-electron chi connectivity index (χ1n) is 7.17. The van der Waals surface area contributed by atoms with Gasteiger partial charge in [0.2, 0.25) is 5.91 Å². The Morgan fingerprint density at radius 2 is 1.74 bits per heavy atom. The summed E-state index contributed by atoms with van der Waals surface area (Å²) in [5.41, 5.74) is 1.12. The van der Waals surface area contributed by atoms with Gasteiger partial charge in [-0.25, -0.2) is 8.78 Å². The number of carbonyl (C=O) groups is 1. The predicted octanol–water partition coefficient (Wildman–Crippen LogP) is 3.23. The number of hydrogen-bond donors (Lipinski definition) is 1. The van der Waals surface area contributed by atoms with Crippen LogP contribution in [0.25, 0.3) is 0 Å². The van der Waals surface area contributed by atoms with Crippen molar-refractivity contribution in [2.24, 2.45) is 0 Å². The van der Waals surface area contributed by atoms with Crippen LogP contribution in [0.1, 0.15) is 11.1 Å². The molecule has 0 saturated carbocycles. The molecule has 0 spiro atoms. The minimum Gasteiger partial charge on any atom is -0.486 e. The Morgan fingerprint density at radius 3 is 2.39 bits per heavy atom. The van der Waals surface area contributed by atoms with Gasteiger partial charge < -0.3 is 14.8 Å². The van der Waals surface area contributed by atoms with Crippen LogP contribution < -0.4 is 14.8 Å². The second-order valence-corrected chi connectivity index (χ2v) is 5.24. The van der Waals surface area contributed by atoms with Crippen molar-refractivity contribution in [2.45, 2.75) is 13.3 Å². The molecule has 0 saturated heterocycles. The molecule has 0 aliphatic carbocycles. The van der Waals surface area contributed by atoms with Crippen molar-refractivity contribution < 1.29 is 23.0 Å². The molecule has 0 fully saturated rings. The summed E-state index contributed by atoms with van der Waals surface area (Å²) >= 11 is 0. The zero-order valence-corrected chi connectivity index (χ0v) is 12.5. The molecule has 0 unspecified atom stereocenters. The molecular formula is C17H15F2NO3. The monoisotopic (exact) mass is 319 g/mol. The Bertz CT molecular complexity index is 741. The first-order chi connectivity index (χ1) is 11.0. The molecule has 1 aliphatic rings. The number of hydrogen-bond acceptors (Lipinski definition) is 3. The van der Waals surface area contributed by atoms with Crippen LogP contribution in [0.15, 0.2) is 30.3 Å². The highest BCUT2D eigenvalue weighted by atomic mass is 19.1. The molecule has 1 N–H and O–H groups in total. The minimum atomic E-state index is -0.808. The lowest BCUT2D eigenvalue weighted by molar-refractivity contribution is -0.115. The van der Waals surface area contributed by atoms with E-state index in [0.717, 1.165) is 17.7 Å². The summed E-state index contributed by atoms with van der Waals surface area (Å²) in [5.74, 6) is -0.914. The van der Waals surface area contributed by atoms with E-state index >= 15 is 0 Å². The van der Waals surface area contributed by atoms with Gasteiger partial charge in [-0.05, 0) is 42.3 Å². The summed E-state index contributed by atoms with van der Waals surface area (Å²) in [6.45, 7) is 2.77. The van der Waals surface area contributed by atoms with Crippen LogP contribution in [0.3, 0.4) is 0 Å². The highest BCUT2D eigenvalue weighted by molar-refractivity contribution is 5.92. The summed E-state index contributed by atoms with van der Waals surface area (Å²) < 4.78 is 38.1. The Morgan fingerprint density at radius 1 is 1.13 bits per heavy atom. The molecule has 0 aromatic heterocycles. The second kappa shape index (κ2) is 6.24. The highest BCUT2D eigenvalue weighted by Gasteiger charge is 2.17. The number of carbonyl (C=O) groups excluding carboxylic acids is 1. The quantitative estimate of drug-likeness (QED) is 0.945. The second-order valence-electron chi connectivity index (χ2n) is 5.24. The van der Waals surface area contributed by atoms with Crippen LogP contribution in [-0.4, -0.2) is 19.1 Å². The van der Waals surface area contributed by atoms with E-state index in [1.807, 2.05) is 6.92 Å². The number of benzene rings is 2. The Labute approximate surface area is 132 Å². The summed E-state index contributed by atoms with van der Waals surface area (Å²) in [7, 11) is 0. The molecule has 6 heteroatoms. The van der Waals surface area contributed by atoms with Crippen molar-refractivity contribution in [3.05, 3.63) is 53.1 Å². The predicted molar refractivity (Wildman–Crippen MR) is 80.9 cm³/mol. The maximum Gasteiger partial charge on any atom is 0.228 e. The van der Waals surface area contributed by atoms with Crippen LogP contribution in [-0.2, 0) is 11.2 Å². The van der Waals surface area contributed by atoms with E-state index in [2.05, 4.69) is 5.32 Å². The molecule has 120 valence electrons. The van der Waals surface area contributed by atoms with Gasteiger partial charge in [0.1, 0.15) is 30.5 Å². The van der Waals surface area contributed by atoms with Crippen molar-refractivity contribution in [3.8, 4) is 11.5 Å². The summed E-state index contributed by atoms with van der Waals surface area (Å²) in [5, 5.41) is 2.27. The number of ether oxygens (including phenoxy) is 2. The zero-order valence-electron chi connectivity index (χ0n) is 12.5. The summed E-state index contributed by atoms with van der Waals surface area (Å²) in [6.07, 6.45) is -0.0176. The number of halogens is 2. The standard InChI is InChI=1S/C17H15F2NO3/c1-10-7-14-15(23-6-5-22-14)8-11(10)9-16(21)20-17-12(18)3-2-4-13(17)19/h2-4,7-8H,5-6,9H2,1H3,(H,20,21). The maximum absolute atomic E-state index is 13.6. The lowest BCUT2D eigenvalue weighted by atomic mass is 10.0. The molecule has 23 heavy (non-hydrogen) atoms. The van der Waals surface area contributed by atoms with E-state index in [1.54, 1.807) is 12.1 Å². The van der Waals surface area contributed by atoms with Crippen LogP contribution in [0.2, 0.25) is 0 Å². The van der Waals surface area contributed by atoms with Gasteiger partial charge >= 0.3 is 0 Å². The molecule has 1 amide bonds. The number of fused-ring (bicyclic) bond motifs is 1. The molecule has 2 aromatic carbocycles. The average Bonchev–Trinajstić information content (AvgIpc) is 2.52. The highest BCUT2D eigenvalue weighted by Crippen LogP contribution is 2.33. The van der Waals surface area contributed by atoms with Gasteiger partial charge in [0.05, 0.1) is 6.42 Å². The van der Waals surface area contributed by atoms with E-state index in [1.165, 1.54) is 6.07 Å². The van der Waals surface area contributed by atoms with Crippen LogP contribution in [0.4, 0.5) is 14.5 Å². The first kappa shape index (κ1) is 15.3. The molecule has 0 radical (unpaired) electrons. The molecular weight excluding hydrogens is 304 g/mol. The zero-order chi connectivity index (χ0) is 16.4. The molecule has 1 heterocycles. The van der Waals surface area contributed by atoms with E-state index < -0.39 is 23.2 Å². The van der Waals surface area contributed by atoms with E-state index in [0.29, 0.717) is 30.3 Å². The van der Waals surface area contributed by atoms with Gasteiger partial charge in [0, 0.05) is 0 Å². The van der Waals surface area contributed by atoms with Gasteiger partial charge in [-0.3, -0.25) is 4.79 Å². The third-order valence-corrected chi connectivity index (χ3v) is 3.58. The topological polar surface area (TPSA) is 47.6 Å². The SMILES string of the molecule is Cc1cc2c(cc1CC(=O)Nc1c(F)cccc1F)OCCO2. The molecule has 4 nitrogen and oxygen atoms in total. The lowest BCUT2D eigenvalue weighted by Crippen LogP contribution is -2.19. The van der Waals surface area contributed by atoms with Gasteiger partial charge in [-0.1, -0.05) is 6.07 Å². The van der Waals surface area contributed by atoms with Crippen LogP contribution in [0, 0.1) is 18.6 Å². The van der Waals surface area contributed by atoms with Gasteiger partial charge in [-0.2, -0.15) is 0 Å². The van der Waals surface area contributed by atoms with Crippen molar-refractivity contribution in [1.82, 2.24) is 0 Å². The fourth-order valence-electron chi connectivity index (χ4n) is 2.40. The third-order valence-electron chi connectivity index (χ3n) is 3.58. The number of para-hydroxylation sites is 1. The van der Waals surface area contributed by atoms with E-state index in [-0.39, 0.29) is 6.42 Å². The number of nitrogens with one attached hydrogen (secondary N) is 1. The molecule has 0 bridgehead atoms. The molecule has 1 aliphatic heterocycles. The van der Waals surface area contributed by atoms with Crippen LogP contribution in [0.5, 0.6) is 11.5 Å². The van der Waals surface area contributed by atoms with Crippen molar-refractivity contribution in [3.63, 3.8) is 0 Å². The molecule has 2 aromatic rings. The Balaban J connectivity index is 1.78. The van der Waals surface area contributed by atoms with Crippen LogP contribution >= 0.6 is 0 Å². The third kappa shape index (κ3) is 3.26. The number of anilines is 1. The average molecular weight is 319 g/mol. The molecule has 0 atom stereocenters. The molecule has 3 rings (SSSR count). The normalized spacial score (nSPS) is 12.8. The number of amides is 1. The maximum atomic E-state index is 13.6. The van der Waals surface area contributed by atoms with Gasteiger partial charge in [-0.15, -0.1) is 0 Å². The van der Waals surface area contributed by atoms with Crippen molar-refractivity contribution in [1.29, 1.82) is 0 Å². The number of aryl methyl sites for hydroxylation is 1. The summed E-state index contributed by atoms with van der Waals surface area (Å²) in [4.78, 5) is 12.1. The Hall–Kier alpha value is -2.63. The summed E-state index contributed by atoms with van der Waals surface area (Å²) in [6, 6.07) is 6.94. The largest absolute Gasteiger partial charge is 0.486 e. The minimum absolute atomic E-state index is 0.0176. The Kier molecular flexibility index (Phi) is 4.14. The van der Waals surface area contributed by atoms with Gasteiger partial charge in [0.25, 0.3) is 0 Å². The van der Waals surface area contributed by atoms with Crippen molar-refractivity contribution >= 4 is 11.6 Å². The lowest BCUT2D eigenvalue weighted by Gasteiger charge is -2.20. The smallest absolute Gasteiger partial charge is 0.228 e. The van der Waals surface area contributed by atoms with E-state index in [4.69, 9.17) is 9.47 Å². The van der Waals surface area contributed by atoms with E-state index in [9.17, 15) is 13.6 Å². The fraction of sp³-hybridized carbons (Fsp3) is 0.235. The fourth-order valence-corrected chi connectivity index (χ4v) is 2.40. The first-order valence-corrected chi connectivity index (χ1v) is 7.17.